The summed E-state index contributed by atoms with van der Waals surface area (Å²) in [6, 6.07) is 15.3. The van der Waals surface area contributed by atoms with Gasteiger partial charge >= 0.3 is 5.97 Å². The molecule has 0 aliphatic carbocycles. The average molecular weight is 285 g/mol. The molecule has 0 aromatic heterocycles. The Balaban J connectivity index is 2.14. The summed E-state index contributed by atoms with van der Waals surface area (Å²) in [4.78, 5) is 22.3. The van der Waals surface area contributed by atoms with Crippen LogP contribution in [0.15, 0.2) is 54.6 Å². The van der Waals surface area contributed by atoms with Crippen molar-refractivity contribution in [2.45, 2.75) is 13.0 Å². The number of anilines is 1. The lowest BCUT2D eigenvalue weighted by molar-refractivity contribution is -0.145. The summed E-state index contributed by atoms with van der Waals surface area (Å²) in [5.41, 5.74) is 1.19. The van der Waals surface area contributed by atoms with E-state index in [1.54, 1.807) is 48.5 Å². The lowest BCUT2D eigenvalue weighted by atomic mass is 10.1. The number of carbonyl (C=O) groups is 2. The van der Waals surface area contributed by atoms with E-state index in [0.717, 1.165) is 0 Å². The van der Waals surface area contributed by atoms with Gasteiger partial charge in [0.25, 0.3) is 0 Å². The molecule has 1 atom stereocenters. The Hall–Kier alpha value is -2.82. The lowest BCUT2D eigenvalue weighted by Gasteiger charge is -2.15. The molecule has 1 amide bonds. The van der Waals surface area contributed by atoms with Crippen LogP contribution in [0.4, 0.5) is 5.69 Å². The molecule has 0 heterocycles. The van der Waals surface area contributed by atoms with Crippen molar-refractivity contribution in [3.05, 3.63) is 60.2 Å². The molecule has 0 radical (unpaired) electrons. The van der Waals surface area contributed by atoms with Crippen LogP contribution in [-0.2, 0) is 9.59 Å². The number of benzene rings is 2. The summed E-state index contributed by atoms with van der Waals surface area (Å²) in [7, 11) is 0. The second-order valence-electron chi connectivity index (χ2n) is 4.45. The number of nitrogens with one attached hydrogen (secondary N) is 1. The van der Waals surface area contributed by atoms with E-state index in [0.29, 0.717) is 17.0 Å². The maximum atomic E-state index is 11.3. The van der Waals surface area contributed by atoms with E-state index in [2.05, 4.69) is 5.32 Å². The normalized spacial score (nSPS) is 11.5. The van der Waals surface area contributed by atoms with E-state index >= 15 is 0 Å². The van der Waals surface area contributed by atoms with Crippen LogP contribution in [0.3, 0.4) is 0 Å². The molecule has 0 aliphatic rings. The van der Waals surface area contributed by atoms with Gasteiger partial charge in [0, 0.05) is 18.2 Å². The van der Waals surface area contributed by atoms with E-state index in [4.69, 9.17) is 4.74 Å². The van der Waals surface area contributed by atoms with Crippen LogP contribution in [0.2, 0.25) is 0 Å². The van der Waals surface area contributed by atoms with Gasteiger partial charge < -0.3 is 15.2 Å². The van der Waals surface area contributed by atoms with Crippen molar-refractivity contribution in [3.8, 4) is 5.75 Å². The highest BCUT2D eigenvalue weighted by molar-refractivity contribution is 5.88. The molecule has 0 saturated heterocycles. The smallest absolute Gasteiger partial charge is 0.349 e. The molecule has 0 aliphatic heterocycles. The second-order valence-corrected chi connectivity index (χ2v) is 4.45. The second kappa shape index (κ2) is 6.56. The van der Waals surface area contributed by atoms with Gasteiger partial charge in [-0.1, -0.05) is 30.3 Å². The quantitative estimate of drug-likeness (QED) is 0.885. The van der Waals surface area contributed by atoms with Gasteiger partial charge in [-0.2, -0.15) is 0 Å². The minimum absolute atomic E-state index is 0.170. The zero-order valence-electron chi connectivity index (χ0n) is 11.4. The highest BCUT2D eigenvalue weighted by atomic mass is 16.5. The van der Waals surface area contributed by atoms with Crippen molar-refractivity contribution in [3.63, 3.8) is 0 Å². The maximum Gasteiger partial charge on any atom is 0.349 e. The molecule has 0 fully saturated rings. The first-order valence-corrected chi connectivity index (χ1v) is 6.38. The summed E-state index contributed by atoms with van der Waals surface area (Å²) >= 11 is 0. The van der Waals surface area contributed by atoms with E-state index in [9.17, 15) is 14.7 Å². The summed E-state index contributed by atoms with van der Waals surface area (Å²) in [5, 5.41) is 11.9. The third-order valence-corrected chi connectivity index (χ3v) is 2.76. The number of carboxylic acids is 1. The zero-order valence-corrected chi connectivity index (χ0v) is 11.4. The standard InChI is InChI=1S/C16H15NO4/c1-11(18)17-13-7-9-14(10-8-13)21-15(16(19)20)12-5-3-2-4-6-12/h2-10,15H,1H3,(H,17,18)(H,19,20). The van der Waals surface area contributed by atoms with E-state index in [1.165, 1.54) is 6.92 Å². The molecule has 0 saturated carbocycles. The fourth-order valence-electron chi connectivity index (χ4n) is 1.85. The first kappa shape index (κ1) is 14.6. The van der Waals surface area contributed by atoms with Gasteiger partial charge in [-0.15, -0.1) is 0 Å². The zero-order chi connectivity index (χ0) is 15.2. The van der Waals surface area contributed by atoms with Crippen LogP contribution in [0.1, 0.15) is 18.6 Å². The molecule has 2 aromatic rings. The number of carboxylic acid groups (broad SMARTS) is 1. The van der Waals surface area contributed by atoms with E-state index < -0.39 is 12.1 Å². The number of hydrogen-bond donors (Lipinski definition) is 2. The van der Waals surface area contributed by atoms with Crippen LogP contribution in [-0.4, -0.2) is 17.0 Å². The molecule has 2 N–H and O–H groups in total. The van der Waals surface area contributed by atoms with Crippen LogP contribution in [0.25, 0.3) is 0 Å². The first-order chi connectivity index (χ1) is 10.1. The molecule has 0 spiro atoms. The number of ether oxygens (including phenoxy) is 1. The molecule has 1 unspecified atom stereocenters. The van der Waals surface area contributed by atoms with Crippen LogP contribution in [0, 0.1) is 0 Å². The summed E-state index contributed by atoms with van der Waals surface area (Å²) < 4.78 is 5.51. The number of amides is 1. The summed E-state index contributed by atoms with van der Waals surface area (Å²) in [5.74, 6) is -0.816. The molecule has 108 valence electrons. The molecule has 2 aromatic carbocycles. The molecule has 21 heavy (non-hydrogen) atoms. The fraction of sp³-hybridized carbons (Fsp3) is 0.125. The van der Waals surface area contributed by atoms with Crippen molar-refractivity contribution in [1.82, 2.24) is 0 Å². The maximum absolute atomic E-state index is 11.3. The predicted molar refractivity (Wildman–Crippen MR) is 78.2 cm³/mol. The molecule has 2 rings (SSSR count). The molecule has 0 bridgehead atoms. The average Bonchev–Trinajstić information content (AvgIpc) is 2.46. The first-order valence-electron chi connectivity index (χ1n) is 6.38. The van der Waals surface area contributed by atoms with Crippen molar-refractivity contribution in [1.29, 1.82) is 0 Å². The lowest BCUT2D eigenvalue weighted by Crippen LogP contribution is -2.18. The number of aliphatic carboxylic acids is 1. The van der Waals surface area contributed by atoms with Crippen molar-refractivity contribution < 1.29 is 19.4 Å². The van der Waals surface area contributed by atoms with E-state index in [1.807, 2.05) is 6.07 Å². The third kappa shape index (κ3) is 4.07. The number of hydrogen-bond acceptors (Lipinski definition) is 3. The SMILES string of the molecule is CC(=O)Nc1ccc(OC(C(=O)O)c2ccccc2)cc1. The Kier molecular flexibility index (Phi) is 4.56. The molecule has 5 heteroatoms. The Morgan fingerprint density at radius 1 is 1.05 bits per heavy atom. The van der Waals surface area contributed by atoms with Crippen LogP contribution in [0.5, 0.6) is 5.75 Å². The summed E-state index contributed by atoms with van der Waals surface area (Å²) in [6.07, 6.45) is -1.07. The number of carbonyl (C=O) groups excluding carboxylic acids is 1. The van der Waals surface area contributed by atoms with Crippen LogP contribution < -0.4 is 10.1 Å². The minimum Gasteiger partial charge on any atom is -0.478 e. The Bertz CT molecular complexity index is 622. The Labute approximate surface area is 122 Å². The number of rotatable bonds is 5. The van der Waals surface area contributed by atoms with E-state index in [-0.39, 0.29) is 5.91 Å². The van der Waals surface area contributed by atoms with Crippen molar-refractivity contribution >= 4 is 17.6 Å². The summed E-state index contributed by atoms with van der Waals surface area (Å²) in [6.45, 7) is 1.42. The highest BCUT2D eigenvalue weighted by Crippen LogP contribution is 2.23. The topological polar surface area (TPSA) is 75.6 Å². The molecular weight excluding hydrogens is 270 g/mol. The monoisotopic (exact) mass is 285 g/mol. The van der Waals surface area contributed by atoms with Gasteiger partial charge in [0.1, 0.15) is 5.75 Å². The molecule has 5 nitrogen and oxygen atoms in total. The minimum atomic E-state index is -1.07. The molecular formula is C16H15NO4. The third-order valence-electron chi connectivity index (χ3n) is 2.76. The highest BCUT2D eigenvalue weighted by Gasteiger charge is 2.21. The Morgan fingerprint density at radius 3 is 2.19 bits per heavy atom. The predicted octanol–water partition coefficient (Wildman–Crippen LogP) is 2.85. The van der Waals surface area contributed by atoms with Gasteiger partial charge in [-0.25, -0.2) is 4.79 Å². The van der Waals surface area contributed by atoms with Gasteiger partial charge in [-0.05, 0) is 24.3 Å². The van der Waals surface area contributed by atoms with Crippen molar-refractivity contribution in [2.75, 3.05) is 5.32 Å². The van der Waals surface area contributed by atoms with Crippen LogP contribution >= 0.6 is 0 Å². The fourth-order valence-corrected chi connectivity index (χ4v) is 1.85. The van der Waals surface area contributed by atoms with Crippen molar-refractivity contribution in [2.24, 2.45) is 0 Å². The largest absolute Gasteiger partial charge is 0.478 e. The Morgan fingerprint density at radius 2 is 1.67 bits per heavy atom. The van der Waals surface area contributed by atoms with Gasteiger partial charge in [-0.3, -0.25) is 4.79 Å². The van der Waals surface area contributed by atoms with Gasteiger partial charge in [0.05, 0.1) is 0 Å². The van der Waals surface area contributed by atoms with Gasteiger partial charge in [0.15, 0.2) is 0 Å². The van der Waals surface area contributed by atoms with Gasteiger partial charge in [0.2, 0.25) is 12.0 Å².